The molecule has 1 aromatic heterocycles. The second kappa shape index (κ2) is 8.58. The number of oxime groups is 1. The zero-order chi connectivity index (χ0) is 22.8. The Hall–Kier alpha value is -4.08. The number of carbonyl (C=O) groups is 1. The van der Waals surface area contributed by atoms with Gasteiger partial charge in [0.25, 0.3) is 0 Å². The Balaban J connectivity index is 0.000000754. The summed E-state index contributed by atoms with van der Waals surface area (Å²) < 4.78 is 31.1. The third-order valence-corrected chi connectivity index (χ3v) is 4.86. The number of carboxylic acids is 1. The second-order valence-electron chi connectivity index (χ2n) is 7.13. The summed E-state index contributed by atoms with van der Waals surface area (Å²) in [7, 11) is 1.30. The maximum atomic E-state index is 15.1. The molecule has 1 aliphatic carbocycles. The van der Waals surface area contributed by atoms with Crippen molar-refractivity contribution in [2.75, 3.05) is 13.9 Å². The number of benzene rings is 2. The number of aromatic nitrogens is 1. The molecule has 0 spiro atoms. The average Bonchev–Trinajstić information content (AvgIpc) is 3.58. The van der Waals surface area contributed by atoms with Crippen molar-refractivity contribution >= 4 is 23.1 Å². The molecule has 0 bridgehead atoms. The Morgan fingerprint density at radius 3 is 2.62 bits per heavy atom. The lowest BCUT2D eigenvalue weighted by Gasteiger charge is -2.14. The summed E-state index contributed by atoms with van der Waals surface area (Å²) in [5, 5.41) is 20.8. The first-order chi connectivity index (χ1) is 15.5. The van der Waals surface area contributed by atoms with Crippen LogP contribution < -0.4 is 19.6 Å². The number of H-pyrrole nitrogens is 1. The van der Waals surface area contributed by atoms with Gasteiger partial charge in [0.2, 0.25) is 12.2 Å². The van der Waals surface area contributed by atoms with Crippen molar-refractivity contribution in [1.82, 2.24) is 4.98 Å². The molecule has 1 fully saturated rings. The summed E-state index contributed by atoms with van der Waals surface area (Å²) in [6, 6.07) is 3.97. The Bertz CT molecular complexity index is 1300. The Morgan fingerprint density at radius 2 is 2.00 bits per heavy atom. The van der Waals surface area contributed by atoms with Crippen molar-refractivity contribution in [3.63, 3.8) is 0 Å². The Morgan fingerprint density at radius 1 is 1.25 bits per heavy atom. The van der Waals surface area contributed by atoms with E-state index in [4.69, 9.17) is 24.5 Å². The van der Waals surface area contributed by atoms with Crippen LogP contribution in [0.4, 0.5) is 4.39 Å². The molecular formula is C22H19FN2O7. The highest BCUT2D eigenvalue weighted by atomic mass is 19.1. The standard InChI is InChI=1S/C19H13FN2O7.C3H6/c1-27-18-14(8-2-9(5-22-26)17-13(3-8)28-7-29-17)12(20)4-10-15(18)21-6-11(16(10)23)19(24)25;1-2-3-1/h2-6,26H,7H2,1H3,(H,21,23)(H,24,25);1-3H2/b22-5+;. The number of rotatable bonds is 4. The van der Waals surface area contributed by atoms with Gasteiger partial charge in [0, 0.05) is 11.8 Å². The lowest BCUT2D eigenvalue weighted by atomic mass is 9.98. The number of nitrogens with one attached hydrogen (secondary N) is 1. The lowest BCUT2D eigenvalue weighted by Crippen LogP contribution is -2.16. The fourth-order valence-electron chi connectivity index (χ4n) is 3.28. The van der Waals surface area contributed by atoms with Crippen LogP contribution in [-0.4, -0.2) is 41.4 Å². The minimum absolute atomic E-state index is 0.000193. The number of ether oxygens (including phenoxy) is 3. The zero-order valence-corrected chi connectivity index (χ0v) is 17.0. The van der Waals surface area contributed by atoms with E-state index in [1.165, 1.54) is 38.5 Å². The van der Waals surface area contributed by atoms with E-state index in [2.05, 4.69) is 10.1 Å². The van der Waals surface area contributed by atoms with Gasteiger partial charge < -0.3 is 29.5 Å². The van der Waals surface area contributed by atoms with Gasteiger partial charge in [0.15, 0.2) is 17.2 Å². The minimum Gasteiger partial charge on any atom is -0.494 e. The number of carboxylic acid groups (broad SMARTS) is 1. The molecule has 3 aromatic rings. The van der Waals surface area contributed by atoms with Crippen molar-refractivity contribution in [2.24, 2.45) is 5.16 Å². The van der Waals surface area contributed by atoms with E-state index in [0.717, 1.165) is 18.5 Å². The van der Waals surface area contributed by atoms with Gasteiger partial charge in [-0.2, -0.15) is 0 Å². The van der Waals surface area contributed by atoms with Gasteiger partial charge in [-0.25, -0.2) is 9.18 Å². The number of halogens is 1. The smallest absolute Gasteiger partial charge is 0.341 e. The van der Waals surface area contributed by atoms with E-state index < -0.39 is 22.8 Å². The first-order valence-electron chi connectivity index (χ1n) is 9.73. The van der Waals surface area contributed by atoms with E-state index in [9.17, 15) is 9.59 Å². The van der Waals surface area contributed by atoms with E-state index in [0.29, 0.717) is 22.6 Å². The van der Waals surface area contributed by atoms with E-state index in [1.54, 1.807) is 0 Å². The van der Waals surface area contributed by atoms with Crippen LogP contribution in [0.2, 0.25) is 0 Å². The number of hydrogen-bond acceptors (Lipinski definition) is 7. The Labute approximate surface area is 180 Å². The maximum Gasteiger partial charge on any atom is 0.341 e. The molecule has 2 aliphatic rings. The third kappa shape index (κ3) is 3.82. The molecule has 5 rings (SSSR count). The number of aromatic amines is 1. The molecule has 3 N–H and O–H groups in total. The molecule has 0 saturated heterocycles. The van der Waals surface area contributed by atoms with Crippen LogP contribution in [0.5, 0.6) is 17.2 Å². The predicted molar refractivity (Wildman–Crippen MR) is 113 cm³/mol. The first-order valence-corrected chi connectivity index (χ1v) is 9.73. The maximum absolute atomic E-state index is 15.1. The van der Waals surface area contributed by atoms with Crippen LogP contribution >= 0.6 is 0 Å². The fraction of sp³-hybridized carbons (Fsp3) is 0.227. The largest absolute Gasteiger partial charge is 0.494 e. The highest BCUT2D eigenvalue weighted by Crippen LogP contribution is 2.43. The van der Waals surface area contributed by atoms with Gasteiger partial charge in [-0.1, -0.05) is 24.4 Å². The van der Waals surface area contributed by atoms with Gasteiger partial charge in [-0.3, -0.25) is 4.79 Å². The number of nitrogens with zero attached hydrogens (tertiary/aromatic N) is 1. The molecule has 9 nitrogen and oxygen atoms in total. The fourth-order valence-corrected chi connectivity index (χ4v) is 3.28. The number of methoxy groups -OCH3 is 1. The molecule has 166 valence electrons. The zero-order valence-electron chi connectivity index (χ0n) is 17.0. The summed E-state index contributed by atoms with van der Waals surface area (Å²) in [5.41, 5.74) is -0.569. The summed E-state index contributed by atoms with van der Waals surface area (Å²) >= 11 is 0. The normalized spacial score (nSPS) is 13.7. The molecule has 2 heterocycles. The van der Waals surface area contributed by atoms with E-state index in [1.807, 2.05) is 0 Å². The topological polar surface area (TPSA) is 130 Å². The first kappa shape index (κ1) is 21.2. The molecule has 1 aliphatic heterocycles. The molecule has 0 amide bonds. The molecule has 0 radical (unpaired) electrons. The highest BCUT2D eigenvalue weighted by Gasteiger charge is 2.25. The van der Waals surface area contributed by atoms with Crippen LogP contribution in [-0.2, 0) is 0 Å². The van der Waals surface area contributed by atoms with Crippen molar-refractivity contribution < 1.29 is 33.7 Å². The van der Waals surface area contributed by atoms with Crippen LogP contribution in [0.15, 0.2) is 34.3 Å². The summed E-state index contributed by atoms with van der Waals surface area (Å²) in [6.07, 6.45) is 6.64. The van der Waals surface area contributed by atoms with E-state index >= 15 is 4.39 Å². The molecule has 32 heavy (non-hydrogen) atoms. The summed E-state index contributed by atoms with van der Waals surface area (Å²) in [6.45, 7) is -0.0479. The van der Waals surface area contributed by atoms with E-state index in [-0.39, 0.29) is 29.0 Å². The van der Waals surface area contributed by atoms with Crippen molar-refractivity contribution in [3.05, 3.63) is 51.6 Å². The molecular weight excluding hydrogens is 423 g/mol. The van der Waals surface area contributed by atoms with Gasteiger partial charge >= 0.3 is 5.97 Å². The molecule has 0 atom stereocenters. The lowest BCUT2D eigenvalue weighted by molar-refractivity contribution is 0.0695. The van der Waals surface area contributed by atoms with Crippen molar-refractivity contribution in [2.45, 2.75) is 19.3 Å². The van der Waals surface area contributed by atoms with Crippen LogP contribution in [0, 0.1) is 5.82 Å². The molecule has 10 heteroatoms. The highest BCUT2D eigenvalue weighted by molar-refractivity contribution is 5.98. The van der Waals surface area contributed by atoms with Crippen molar-refractivity contribution in [3.8, 4) is 28.4 Å². The summed E-state index contributed by atoms with van der Waals surface area (Å²) in [4.78, 5) is 26.3. The van der Waals surface area contributed by atoms with Crippen LogP contribution in [0.25, 0.3) is 22.0 Å². The van der Waals surface area contributed by atoms with Gasteiger partial charge in [0.1, 0.15) is 11.4 Å². The van der Waals surface area contributed by atoms with Gasteiger partial charge in [-0.05, 0) is 23.8 Å². The number of aromatic carboxylic acids is 1. The third-order valence-electron chi connectivity index (χ3n) is 4.86. The van der Waals surface area contributed by atoms with Crippen LogP contribution in [0.3, 0.4) is 0 Å². The number of fused-ring (bicyclic) bond motifs is 2. The average molecular weight is 442 g/mol. The van der Waals surface area contributed by atoms with Gasteiger partial charge in [0.05, 0.1) is 29.8 Å². The van der Waals surface area contributed by atoms with Gasteiger partial charge in [-0.15, -0.1) is 0 Å². The SMILES string of the molecule is C1CC1.COc1c(-c2cc(/C=N/O)c3c(c2)OCO3)c(F)cc2c(=O)c(C(=O)O)c[nH]c12. The quantitative estimate of drug-likeness (QED) is 0.319. The monoisotopic (exact) mass is 442 g/mol. The number of pyridine rings is 1. The Kier molecular flexibility index (Phi) is 5.67. The van der Waals surface area contributed by atoms with Crippen LogP contribution in [0.1, 0.15) is 35.2 Å². The minimum atomic E-state index is -1.43. The summed E-state index contributed by atoms with van der Waals surface area (Å²) in [5.74, 6) is -1.59. The predicted octanol–water partition coefficient (Wildman–Crippen LogP) is 3.75. The second-order valence-corrected chi connectivity index (χ2v) is 7.13. The molecule has 2 aromatic carbocycles. The molecule has 1 saturated carbocycles. The molecule has 0 unspecified atom stereocenters. The number of hydrogen-bond donors (Lipinski definition) is 3. The van der Waals surface area contributed by atoms with Crippen molar-refractivity contribution in [1.29, 1.82) is 0 Å².